The van der Waals surface area contributed by atoms with Crippen LogP contribution in [-0.4, -0.2) is 20.3 Å². The van der Waals surface area contributed by atoms with E-state index in [1.54, 1.807) is 7.11 Å². The third-order valence-electron chi connectivity index (χ3n) is 5.47. The van der Waals surface area contributed by atoms with E-state index in [9.17, 15) is 0 Å². The summed E-state index contributed by atoms with van der Waals surface area (Å²) in [5, 5.41) is 3.77. The lowest BCUT2D eigenvalue weighted by molar-refractivity contribution is -0.0383. The first-order valence-electron chi connectivity index (χ1n) is 9.51. The van der Waals surface area contributed by atoms with Gasteiger partial charge in [-0.25, -0.2) is 0 Å². The van der Waals surface area contributed by atoms with Crippen molar-refractivity contribution in [3.05, 3.63) is 53.1 Å². The van der Waals surface area contributed by atoms with E-state index in [2.05, 4.69) is 36.5 Å². The second-order valence-corrected chi connectivity index (χ2v) is 7.12. The Kier molecular flexibility index (Phi) is 4.77. The highest BCUT2D eigenvalue weighted by Gasteiger charge is 2.41. The van der Waals surface area contributed by atoms with Crippen LogP contribution in [0.2, 0.25) is 0 Å². The van der Waals surface area contributed by atoms with Crippen molar-refractivity contribution in [3.8, 4) is 11.5 Å². The van der Waals surface area contributed by atoms with Crippen LogP contribution in [0.25, 0.3) is 0 Å². The van der Waals surface area contributed by atoms with Gasteiger partial charge in [-0.3, -0.25) is 0 Å². The summed E-state index contributed by atoms with van der Waals surface area (Å²) < 4.78 is 17.8. The third-order valence-corrected chi connectivity index (χ3v) is 5.47. The molecule has 138 valence electrons. The number of rotatable bonds is 4. The van der Waals surface area contributed by atoms with Gasteiger partial charge >= 0.3 is 0 Å². The summed E-state index contributed by atoms with van der Waals surface area (Å²) in [5.41, 5.74) is 4.86. The largest absolute Gasteiger partial charge is 0.492 e. The molecule has 0 bridgehead atoms. The highest BCUT2D eigenvalue weighted by Crippen LogP contribution is 2.51. The molecule has 4 rings (SSSR count). The molecule has 0 amide bonds. The molecule has 1 N–H and O–H groups in total. The van der Waals surface area contributed by atoms with Crippen LogP contribution >= 0.6 is 0 Å². The predicted octanol–water partition coefficient (Wildman–Crippen LogP) is 5.04. The lowest BCUT2D eigenvalue weighted by Crippen LogP contribution is -2.36. The number of nitrogens with one attached hydrogen (secondary N) is 1. The summed E-state index contributed by atoms with van der Waals surface area (Å²) >= 11 is 0. The van der Waals surface area contributed by atoms with Crippen LogP contribution in [0.15, 0.2) is 36.4 Å². The van der Waals surface area contributed by atoms with Gasteiger partial charge in [-0.05, 0) is 38.8 Å². The molecule has 0 unspecified atom stereocenters. The molecule has 2 aliphatic rings. The monoisotopic (exact) mass is 353 g/mol. The molecule has 4 heteroatoms. The van der Waals surface area contributed by atoms with Crippen LogP contribution in [0.3, 0.4) is 0 Å². The number of hydrogen-bond acceptors (Lipinski definition) is 4. The Balaban J connectivity index is 1.79. The third kappa shape index (κ3) is 2.92. The van der Waals surface area contributed by atoms with Gasteiger partial charge in [0.05, 0.1) is 25.9 Å². The predicted molar refractivity (Wildman–Crippen MR) is 103 cm³/mol. The van der Waals surface area contributed by atoms with Gasteiger partial charge < -0.3 is 19.5 Å². The number of benzene rings is 2. The van der Waals surface area contributed by atoms with Crippen molar-refractivity contribution < 1.29 is 14.2 Å². The maximum atomic E-state index is 6.25. The van der Waals surface area contributed by atoms with E-state index >= 15 is 0 Å². The molecule has 2 aromatic rings. The molecule has 0 saturated carbocycles. The van der Waals surface area contributed by atoms with Crippen LogP contribution in [0, 0.1) is 12.8 Å². The van der Waals surface area contributed by atoms with Crippen molar-refractivity contribution in [3.63, 3.8) is 0 Å². The normalized spacial score (nSPS) is 24.2. The van der Waals surface area contributed by atoms with Gasteiger partial charge in [-0.15, -0.1) is 0 Å². The summed E-state index contributed by atoms with van der Waals surface area (Å²) in [4.78, 5) is 0. The Hall–Kier alpha value is -2.20. The molecule has 4 nitrogen and oxygen atoms in total. The Morgan fingerprint density at radius 3 is 2.88 bits per heavy atom. The van der Waals surface area contributed by atoms with Gasteiger partial charge in [0.2, 0.25) is 0 Å². The number of anilines is 1. The smallest absolute Gasteiger partial charge is 0.165 e. The molecule has 1 saturated heterocycles. The summed E-state index contributed by atoms with van der Waals surface area (Å²) in [6.07, 6.45) is 2.36. The van der Waals surface area contributed by atoms with Crippen molar-refractivity contribution in [2.75, 3.05) is 25.6 Å². The molecule has 2 aliphatic heterocycles. The minimum atomic E-state index is 0.130. The molecule has 2 aromatic carbocycles. The average molecular weight is 353 g/mol. The first kappa shape index (κ1) is 17.2. The Morgan fingerprint density at radius 1 is 1.19 bits per heavy atom. The maximum absolute atomic E-state index is 6.25. The number of para-hydroxylation sites is 1. The fourth-order valence-corrected chi connectivity index (χ4v) is 4.36. The van der Waals surface area contributed by atoms with Crippen LogP contribution < -0.4 is 14.8 Å². The first-order chi connectivity index (χ1) is 12.7. The van der Waals surface area contributed by atoms with E-state index in [-0.39, 0.29) is 12.1 Å². The molecule has 0 radical (unpaired) electrons. The summed E-state index contributed by atoms with van der Waals surface area (Å²) in [6.45, 7) is 5.58. The highest BCUT2D eigenvalue weighted by molar-refractivity contribution is 5.60. The van der Waals surface area contributed by atoms with Crippen LogP contribution in [0.4, 0.5) is 5.69 Å². The minimum Gasteiger partial charge on any atom is -0.492 e. The number of fused-ring (bicyclic) bond motifs is 3. The van der Waals surface area contributed by atoms with E-state index in [1.807, 2.05) is 19.1 Å². The summed E-state index contributed by atoms with van der Waals surface area (Å²) in [6, 6.07) is 12.9. The fraction of sp³-hybridized carbons (Fsp3) is 0.455. The minimum absolute atomic E-state index is 0.130. The Labute approximate surface area is 155 Å². The van der Waals surface area contributed by atoms with Gasteiger partial charge in [0.15, 0.2) is 11.5 Å². The molecule has 0 aliphatic carbocycles. The Bertz CT molecular complexity index is 789. The standard InChI is InChI=1S/C22H27NO3/c1-4-25-19-9-5-7-16(22(19)24-3)20-15-8-6-12-26-21(15)17-13-14(2)10-11-18(17)23-20/h5,7,9-11,13,15,20-21,23H,4,6,8,12H2,1-3H3/t15-,20+,21-/m0/s1. The zero-order valence-electron chi connectivity index (χ0n) is 15.7. The lowest BCUT2D eigenvalue weighted by atomic mass is 9.77. The zero-order chi connectivity index (χ0) is 18.1. The highest BCUT2D eigenvalue weighted by atomic mass is 16.5. The maximum Gasteiger partial charge on any atom is 0.165 e. The van der Waals surface area contributed by atoms with Crippen molar-refractivity contribution >= 4 is 5.69 Å². The van der Waals surface area contributed by atoms with Crippen LogP contribution in [0.1, 0.15) is 48.6 Å². The van der Waals surface area contributed by atoms with Crippen molar-refractivity contribution in [1.29, 1.82) is 0 Å². The lowest BCUT2D eigenvalue weighted by Gasteiger charge is -2.43. The zero-order valence-corrected chi connectivity index (χ0v) is 15.7. The second-order valence-electron chi connectivity index (χ2n) is 7.12. The van der Waals surface area contributed by atoms with E-state index < -0.39 is 0 Å². The van der Waals surface area contributed by atoms with Crippen molar-refractivity contribution in [1.82, 2.24) is 0 Å². The number of methoxy groups -OCH3 is 1. The molecule has 2 heterocycles. The number of ether oxygens (including phenoxy) is 3. The number of aryl methyl sites for hydroxylation is 1. The molecule has 1 fully saturated rings. The van der Waals surface area contributed by atoms with Crippen molar-refractivity contribution in [2.24, 2.45) is 5.92 Å². The molecule has 3 atom stereocenters. The molecule has 0 aromatic heterocycles. The first-order valence-corrected chi connectivity index (χ1v) is 9.51. The van der Waals surface area contributed by atoms with Gasteiger partial charge in [-0.2, -0.15) is 0 Å². The Morgan fingerprint density at radius 2 is 2.08 bits per heavy atom. The average Bonchev–Trinajstić information content (AvgIpc) is 2.67. The number of hydrogen-bond donors (Lipinski definition) is 1. The molecular weight excluding hydrogens is 326 g/mol. The summed E-state index contributed by atoms with van der Waals surface area (Å²) in [5.74, 6) is 2.01. The van der Waals surface area contributed by atoms with E-state index in [1.165, 1.54) is 11.1 Å². The molecule has 26 heavy (non-hydrogen) atoms. The quantitative estimate of drug-likeness (QED) is 0.836. The fourth-order valence-electron chi connectivity index (χ4n) is 4.36. The second kappa shape index (κ2) is 7.20. The molecular formula is C22H27NO3. The van der Waals surface area contributed by atoms with Gasteiger partial charge in [0, 0.05) is 29.3 Å². The SMILES string of the molecule is CCOc1cccc([C@@H]2Nc3ccc(C)cc3[C@H]3OCCC[C@H]32)c1OC. The van der Waals surface area contributed by atoms with Crippen molar-refractivity contribution in [2.45, 2.75) is 38.8 Å². The van der Waals surface area contributed by atoms with Crippen LogP contribution in [0.5, 0.6) is 11.5 Å². The van der Waals surface area contributed by atoms with Gasteiger partial charge in [0.1, 0.15) is 0 Å². The topological polar surface area (TPSA) is 39.7 Å². The van der Waals surface area contributed by atoms with E-state index in [0.717, 1.165) is 42.2 Å². The van der Waals surface area contributed by atoms with E-state index in [4.69, 9.17) is 14.2 Å². The van der Waals surface area contributed by atoms with Gasteiger partial charge in [-0.1, -0.05) is 29.8 Å². The van der Waals surface area contributed by atoms with E-state index in [0.29, 0.717) is 12.5 Å². The summed E-state index contributed by atoms with van der Waals surface area (Å²) in [7, 11) is 1.72. The van der Waals surface area contributed by atoms with Gasteiger partial charge in [0.25, 0.3) is 0 Å². The van der Waals surface area contributed by atoms with Crippen LogP contribution in [-0.2, 0) is 4.74 Å². The molecule has 0 spiro atoms.